The summed E-state index contributed by atoms with van der Waals surface area (Å²) in [5.41, 5.74) is 0. The van der Waals surface area contributed by atoms with E-state index in [1.165, 1.54) is 6.07 Å². The number of carbonyl (C=O) groups is 1. The van der Waals surface area contributed by atoms with Gasteiger partial charge in [0.15, 0.2) is 6.07 Å². The number of carbonyl (C=O) groups excluding carboxylic acids is 1. The Labute approximate surface area is 58.2 Å². The fourth-order valence-corrected chi connectivity index (χ4v) is 0.304. The van der Waals surface area contributed by atoms with Gasteiger partial charge in [0.05, 0.1) is 5.88 Å². The van der Waals surface area contributed by atoms with Crippen molar-refractivity contribution in [1.29, 1.82) is 5.26 Å². The van der Waals surface area contributed by atoms with Gasteiger partial charge in [0.2, 0.25) is 0 Å². The number of hydrogen-bond acceptors (Lipinski definition) is 3. The molecule has 0 saturated carbocycles. The number of ether oxygens (including phenoxy) is 1. The van der Waals surface area contributed by atoms with E-state index in [1.807, 2.05) is 0 Å². The van der Waals surface area contributed by atoms with E-state index in [-0.39, 0.29) is 12.0 Å². The Balaban J connectivity index is 3.50. The van der Waals surface area contributed by atoms with Gasteiger partial charge < -0.3 is 4.74 Å². The molecule has 0 aliphatic carbocycles. The second-order valence-electron chi connectivity index (χ2n) is 1.48. The van der Waals surface area contributed by atoms with Crippen LogP contribution in [0.25, 0.3) is 0 Å². The smallest absolute Gasteiger partial charge is 0.411 e. The number of rotatable bonds is 2. The second-order valence-corrected chi connectivity index (χ2v) is 1.79. The minimum absolute atomic E-state index is 0.216. The summed E-state index contributed by atoms with van der Waals surface area (Å²) in [5.74, 6) is -0.670. The molecule has 0 radical (unpaired) electrons. The highest BCUT2D eigenvalue weighted by molar-refractivity contribution is 6.18. The Morgan fingerprint density at radius 1 is 2.00 bits per heavy atom. The van der Waals surface area contributed by atoms with Gasteiger partial charge in [-0.2, -0.15) is 5.26 Å². The van der Waals surface area contributed by atoms with E-state index in [4.69, 9.17) is 16.9 Å². The largest absolute Gasteiger partial charge is 0.450 e. The third kappa shape index (κ3) is 3.80. The van der Waals surface area contributed by atoms with Crippen LogP contribution in [0.1, 0.15) is 6.92 Å². The quantitative estimate of drug-likeness (QED) is 0.328. The molecular weight excluding hydrogens is 142 g/mol. The molecule has 1 atom stereocenters. The van der Waals surface area contributed by atoms with Gasteiger partial charge in [0.25, 0.3) is 0 Å². The Hall–Kier alpha value is -0.750. The van der Waals surface area contributed by atoms with Crippen LogP contribution in [0.3, 0.4) is 0 Å². The zero-order valence-electron chi connectivity index (χ0n) is 4.93. The van der Waals surface area contributed by atoms with Crippen molar-refractivity contribution >= 4 is 17.6 Å². The monoisotopic (exact) mass is 147 g/mol. The minimum atomic E-state index is -0.886. The van der Waals surface area contributed by atoms with E-state index < -0.39 is 5.97 Å². The molecule has 0 bridgehead atoms. The van der Waals surface area contributed by atoms with Crippen LogP contribution in [-0.2, 0) is 9.53 Å². The van der Waals surface area contributed by atoms with E-state index in [2.05, 4.69) is 4.74 Å². The van der Waals surface area contributed by atoms with Crippen molar-refractivity contribution < 1.29 is 9.53 Å². The van der Waals surface area contributed by atoms with Gasteiger partial charge in [-0.15, -0.1) is 11.6 Å². The first-order valence-corrected chi connectivity index (χ1v) is 2.90. The van der Waals surface area contributed by atoms with Crippen LogP contribution in [0.15, 0.2) is 0 Å². The maximum atomic E-state index is 10.1. The predicted octanol–water partition coefficient (Wildman–Crippen LogP) is 0.680. The normalized spacial score (nSPS) is 11.7. The molecule has 0 aromatic carbocycles. The lowest BCUT2D eigenvalue weighted by molar-refractivity contribution is -0.140. The summed E-state index contributed by atoms with van der Waals surface area (Å²) in [5, 5.41) is 7.91. The van der Waals surface area contributed by atoms with Crippen LogP contribution < -0.4 is 0 Å². The van der Waals surface area contributed by atoms with Crippen molar-refractivity contribution in [1.82, 2.24) is 0 Å². The summed E-state index contributed by atoms with van der Waals surface area (Å²) >= 11 is 5.27. The molecule has 0 spiro atoms. The molecule has 4 heteroatoms. The second kappa shape index (κ2) is 4.16. The van der Waals surface area contributed by atoms with Crippen molar-refractivity contribution in [2.45, 2.75) is 13.0 Å². The average molecular weight is 148 g/mol. The highest BCUT2D eigenvalue weighted by Crippen LogP contribution is 1.92. The maximum Gasteiger partial charge on any atom is 0.411 e. The molecule has 0 aromatic rings. The third-order valence-electron chi connectivity index (χ3n) is 0.617. The first-order chi connectivity index (χ1) is 4.20. The molecule has 0 aliphatic heterocycles. The number of halogens is 1. The number of esters is 1. The average Bonchev–Trinajstić information content (AvgIpc) is 1.87. The van der Waals surface area contributed by atoms with Gasteiger partial charge in [0.1, 0.15) is 6.10 Å². The number of hydrogen-bond donors (Lipinski definition) is 0. The van der Waals surface area contributed by atoms with E-state index in [0.29, 0.717) is 0 Å². The van der Waals surface area contributed by atoms with Crippen molar-refractivity contribution in [3.63, 3.8) is 0 Å². The van der Waals surface area contributed by atoms with Crippen LogP contribution in [0.2, 0.25) is 0 Å². The van der Waals surface area contributed by atoms with E-state index in [0.717, 1.165) is 0 Å². The molecular formula is C5H6ClNO2. The van der Waals surface area contributed by atoms with Crippen LogP contribution >= 0.6 is 11.6 Å². The van der Waals surface area contributed by atoms with Crippen molar-refractivity contribution in [3.05, 3.63) is 0 Å². The van der Waals surface area contributed by atoms with Crippen molar-refractivity contribution in [2.24, 2.45) is 0 Å². The van der Waals surface area contributed by atoms with Crippen LogP contribution in [0.4, 0.5) is 0 Å². The first kappa shape index (κ1) is 8.25. The zero-order valence-corrected chi connectivity index (χ0v) is 5.68. The summed E-state index contributed by atoms with van der Waals surface area (Å²) in [6.07, 6.45) is -0.376. The van der Waals surface area contributed by atoms with Gasteiger partial charge in [-0.05, 0) is 6.92 Å². The summed E-state index contributed by atoms with van der Waals surface area (Å²) in [7, 11) is 0. The molecule has 0 aliphatic rings. The number of nitriles is 1. The fourth-order valence-electron chi connectivity index (χ4n) is 0.241. The molecule has 0 heterocycles. The third-order valence-corrected chi connectivity index (χ3v) is 1.05. The topological polar surface area (TPSA) is 50.1 Å². The van der Waals surface area contributed by atoms with Gasteiger partial charge in [0, 0.05) is 0 Å². The standard InChI is InChI=1S/C5H6ClNO2/c1-4(2-6)9-5(8)3-7/h4H,2H2,1H3. The SMILES string of the molecule is CC(CCl)OC(=O)C#N. The van der Waals surface area contributed by atoms with Crippen molar-refractivity contribution in [3.8, 4) is 6.07 Å². The lowest BCUT2D eigenvalue weighted by Crippen LogP contribution is -2.14. The van der Waals surface area contributed by atoms with Crippen molar-refractivity contribution in [2.75, 3.05) is 5.88 Å². The van der Waals surface area contributed by atoms with Crippen LogP contribution in [-0.4, -0.2) is 18.0 Å². The van der Waals surface area contributed by atoms with E-state index in [9.17, 15) is 4.79 Å². The summed E-state index contributed by atoms with van der Waals surface area (Å²) in [6.45, 7) is 1.61. The molecule has 9 heavy (non-hydrogen) atoms. The fraction of sp³-hybridized carbons (Fsp3) is 0.600. The molecule has 3 nitrogen and oxygen atoms in total. The minimum Gasteiger partial charge on any atom is -0.450 e. The number of alkyl halides is 1. The van der Waals surface area contributed by atoms with Gasteiger partial charge >= 0.3 is 5.97 Å². The predicted molar refractivity (Wildman–Crippen MR) is 31.9 cm³/mol. The molecule has 0 amide bonds. The molecule has 1 unspecified atom stereocenters. The Bertz CT molecular complexity index is 140. The Morgan fingerprint density at radius 3 is 2.89 bits per heavy atom. The van der Waals surface area contributed by atoms with Crippen LogP contribution in [0.5, 0.6) is 0 Å². The van der Waals surface area contributed by atoms with Gasteiger partial charge in [-0.1, -0.05) is 0 Å². The van der Waals surface area contributed by atoms with E-state index in [1.54, 1.807) is 6.92 Å². The molecule has 0 aromatic heterocycles. The molecule has 0 rings (SSSR count). The van der Waals surface area contributed by atoms with Gasteiger partial charge in [-0.25, -0.2) is 4.79 Å². The number of nitrogens with zero attached hydrogens (tertiary/aromatic N) is 1. The highest BCUT2D eigenvalue weighted by Gasteiger charge is 2.04. The Kier molecular flexibility index (Phi) is 3.81. The van der Waals surface area contributed by atoms with Crippen LogP contribution in [0, 0.1) is 11.3 Å². The van der Waals surface area contributed by atoms with E-state index >= 15 is 0 Å². The molecule has 50 valence electrons. The lowest BCUT2D eigenvalue weighted by atomic mass is 10.5. The Morgan fingerprint density at radius 2 is 2.56 bits per heavy atom. The molecule has 0 N–H and O–H groups in total. The summed E-state index contributed by atoms with van der Waals surface area (Å²) in [4.78, 5) is 10.1. The lowest BCUT2D eigenvalue weighted by Gasteiger charge is -2.03. The summed E-state index contributed by atoms with van der Waals surface area (Å²) < 4.78 is 4.42. The van der Waals surface area contributed by atoms with Gasteiger partial charge in [-0.3, -0.25) is 0 Å². The molecule has 0 saturated heterocycles. The summed E-state index contributed by atoms with van der Waals surface area (Å²) in [6, 6.07) is 1.31. The maximum absolute atomic E-state index is 10.1. The zero-order chi connectivity index (χ0) is 7.28. The highest BCUT2D eigenvalue weighted by atomic mass is 35.5. The molecule has 0 fully saturated rings. The first-order valence-electron chi connectivity index (χ1n) is 2.37.